The number of halogens is 1. The molecule has 0 atom stereocenters. The molecule has 24 heavy (non-hydrogen) atoms. The molecule has 0 bridgehead atoms. The van der Waals surface area contributed by atoms with Crippen LogP contribution in [0.1, 0.15) is 15.9 Å². The van der Waals surface area contributed by atoms with Crippen molar-refractivity contribution >= 4 is 39.1 Å². The maximum Gasteiger partial charge on any atom is 0.285 e. The van der Waals surface area contributed by atoms with Gasteiger partial charge >= 0.3 is 0 Å². The third-order valence-corrected chi connectivity index (χ3v) is 3.73. The molecule has 8 heteroatoms. The number of hydrogen-bond acceptors (Lipinski definition) is 4. The minimum atomic E-state index is -0.670. The zero-order valence-corrected chi connectivity index (χ0v) is 14.3. The van der Waals surface area contributed by atoms with Crippen molar-refractivity contribution in [2.75, 3.05) is 11.9 Å². The third-order valence-electron chi connectivity index (χ3n) is 3.20. The summed E-state index contributed by atoms with van der Waals surface area (Å²) in [6, 6.07) is 11.4. The Labute approximate surface area is 146 Å². The minimum Gasteiger partial charge on any atom is -0.343 e. The van der Waals surface area contributed by atoms with Gasteiger partial charge < -0.3 is 10.6 Å². The average Bonchev–Trinajstić information content (AvgIpc) is 2.54. The van der Waals surface area contributed by atoms with Crippen molar-refractivity contribution in [1.29, 1.82) is 0 Å². The van der Waals surface area contributed by atoms with Gasteiger partial charge in [0, 0.05) is 15.7 Å². The second-order valence-electron chi connectivity index (χ2n) is 4.97. The highest BCUT2D eigenvalue weighted by molar-refractivity contribution is 9.10. The van der Waals surface area contributed by atoms with E-state index in [4.69, 9.17) is 0 Å². The van der Waals surface area contributed by atoms with Crippen molar-refractivity contribution in [2.24, 2.45) is 0 Å². The molecule has 124 valence electrons. The molecule has 0 aliphatic heterocycles. The number of aryl methyl sites for hydroxylation is 1. The average molecular weight is 392 g/mol. The molecule has 0 aliphatic carbocycles. The number of nitro groups is 1. The Morgan fingerprint density at radius 1 is 1.17 bits per heavy atom. The van der Waals surface area contributed by atoms with Gasteiger partial charge in [-0.3, -0.25) is 19.7 Å². The van der Waals surface area contributed by atoms with Crippen molar-refractivity contribution in [2.45, 2.75) is 6.92 Å². The van der Waals surface area contributed by atoms with E-state index in [1.165, 1.54) is 6.07 Å². The smallest absolute Gasteiger partial charge is 0.285 e. The zero-order valence-electron chi connectivity index (χ0n) is 12.7. The second kappa shape index (κ2) is 7.69. The third kappa shape index (κ3) is 4.39. The molecule has 0 heterocycles. The first-order chi connectivity index (χ1) is 11.4. The molecule has 2 aromatic carbocycles. The van der Waals surface area contributed by atoms with Gasteiger partial charge in [-0.15, -0.1) is 0 Å². The summed E-state index contributed by atoms with van der Waals surface area (Å²) < 4.78 is 0.876. The highest BCUT2D eigenvalue weighted by Gasteiger charge is 2.22. The highest BCUT2D eigenvalue weighted by Crippen LogP contribution is 2.22. The standard InChI is InChI=1S/C16H14BrN3O4/c1-10-3-2-4-13(15(10)20(23)24)16(22)18-9-14(21)19-12-7-5-11(17)6-8-12/h2-8H,9H2,1H3,(H,18,22)(H,19,21). The largest absolute Gasteiger partial charge is 0.343 e. The Balaban J connectivity index is 2.00. The molecule has 2 aromatic rings. The molecule has 2 amide bonds. The van der Waals surface area contributed by atoms with Crippen LogP contribution in [-0.2, 0) is 4.79 Å². The van der Waals surface area contributed by atoms with Crippen LogP contribution >= 0.6 is 15.9 Å². The lowest BCUT2D eigenvalue weighted by atomic mass is 10.1. The van der Waals surface area contributed by atoms with Gasteiger partial charge in [0.1, 0.15) is 5.56 Å². The zero-order chi connectivity index (χ0) is 17.7. The highest BCUT2D eigenvalue weighted by atomic mass is 79.9. The normalized spacial score (nSPS) is 10.1. The molecule has 2 rings (SSSR count). The second-order valence-corrected chi connectivity index (χ2v) is 5.88. The summed E-state index contributed by atoms with van der Waals surface area (Å²) in [5.41, 5.74) is 0.630. The lowest BCUT2D eigenvalue weighted by Gasteiger charge is -2.08. The summed E-state index contributed by atoms with van der Waals surface area (Å²) in [4.78, 5) is 34.5. The SMILES string of the molecule is Cc1cccc(C(=O)NCC(=O)Nc2ccc(Br)cc2)c1[N+](=O)[O-]. The first kappa shape index (κ1) is 17.6. The van der Waals surface area contributed by atoms with Crippen LogP contribution in [0.5, 0.6) is 0 Å². The fraction of sp³-hybridized carbons (Fsp3) is 0.125. The lowest BCUT2D eigenvalue weighted by Crippen LogP contribution is -2.33. The van der Waals surface area contributed by atoms with E-state index in [0.717, 1.165) is 4.47 Å². The summed E-state index contributed by atoms with van der Waals surface area (Å²) in [5.74, 6) is -1.10. The van der Waals surface area contributed by atoms with Gasteiger partial charge in [0.15, 0.2) is 0 Å². The molecule has 0 saturated heterocycles. The number of carbonyl (C=O) groups is 2. The first-order valence-electron chi connectivity index (χ1n) is 6.96. The predicted octanol–water partition coefficient (Wildman–Crippen LogP) is 3.03. The van der Waals surface area contributed by atoms with Gasteiger partial charge in [-0.25, -0.2) is 0 Å². The van der Waals surface area contributed by atoms with Gasteiger partial charge in [0.2, 0.25) is 5.91 Å². The monoisotopic (exact) mass is 391 g/mol. The van der Waals surface area contributed by atoms with Crippen molar-refractivity contribution in [3.63, 3.8) is 0 Å². The molecule has 2 N–H and O–H groups in total. The van der Waals surface area contributed by atoms with E-state index in [9.17, 15) is 19.7 Å². The van der Waals surface area contributed by atoms with Gasteiger partial charge in [0.25, 0.3) is 11.6 Å². The fourth-order valence-electron chi connectivity index (χ4n) is 2.08. The molecule has 0 aliphatic rings. The summed E-state index contributed by atoms with van der Waals surface area (Å²) in [7, 11) is 0. The fourth-order valence-corrected chi connectivity index (χ4v) is 2.34. The number of rotatable bonds is 5. The first-order valence-corrected chi connectivity index (χ1v) is 7.75. The van der Waals surface area contributed by atoms with Crippen LogP contribution in [0.25, 0.3) is 0 Å². The Kier molecular flexibility index (Phi) is 5.64. The molecular weight excluding hydrogens is 378 g/mol. The number of nitrogens with zero attached hydrogens (tertiary/aromatic N) is 1. The van der Waals surface area contributed by atoms with Crippen LogP contribution in [0.15, 0.2) is 46.9 Å². The molecule has 0 aromatic heterocycles. The van der Waals surface area contributed by atoms with E-state index < -0.39 is 16.7 Å². The summed E-state index contributed by atoms with van der Waals surface area (Å²) >= 11 is 3.29. The van der Waals surface area contributed by atoms with Crippen LogP contribution in [0, 0.1) is 17.0 Å². The molecule has 0 radical (unpaired) electrons. The van der Waals surface area contributed by atoms with E-state index in [1.54, 1.807) is 43.3 Å². The number of benzene rings is 2. The minimum absolute atomic E-state index is 0.0727. The maximum absolute atomic E-state index is 12.1. The number of nitrogens with one attached hydrogen (secondary N) is 2. The Bertz CT molecular complexity index is 790. The van der Waals surface area contributed by atoms with Crippen molar-refractivity contribution < 1.29 is 14.5 Å². The molecule has 0 spiro atoms. The number of nitro benzene ring substituents is 1. The number of carbonyl (C=O) groups excluding carboxylic acids is 2. The maximum atomic E-state index is 12.1. The van der Waals surface area contributed by atoms with Gasteiger partial charge in [-0.2, -0.15) is 0 Å². The van der Waals surface area contributed by atoms with Crippen molar-refractivity contribution in [3.05, 3.63) is 68.2 Å². The van der Waals surface area contributed by atoms with Crippen LogP contribution < -0.4 is 10.6 Å². The van der Waals surface area contributed by atoms with E-state index >= 15 is 0 Å². The number of hydrogen-bond donors (Lipinski definition) is 2. The molecule has 0 fully saturated rings. The topological polar surface area (TPSA) is 101 Å². The Morgan fingerprint density at radius 3 is 2.46 bits per heavy atom. The van der Waals surface area contributed by atoms with Crippen LogP contribution in [0.4, 0.5) is 11.4 Å². The van der Waals surface area contributed by atoms with E-state index in [1.807, 2.05) is 0 Å². The molecular formula is C16H14BrN3O4. The summed E-state index contributed by atoms with van der Waals surface area (Å²) in [6.45, 7) is 1.26. The van der Waals surface area contributed by atoms with E-state index in [-0.39, 0.29) is 17.8 Å². The predicted molar refractivity (Wildman–Crippen MR) is 92.9 cm³/mol. The number of anilines is 1. The van der Waals surface area contributed by atoms with Crippen molar-refractivity contribution in [1.82, 2.24) is 5.32 Å². The van der Waals surface area contributed by atoms with Crippen molar-refractivity contribution in [3.8, 4) is 0 Å². The van der Waals surface area contributed by atoms with E-state index in [0.29, 0.717) is 11.3 Å². The van der Waals surface area contributed by atoms with Gasteiger partial charge in [-0.1, -0.05) is 28.1 Å². The van der Waals surface area contributed by atoms with Crippen LogP contribution in [-0.4, -0.2) is 23.3 Å². The molecule has 7 nitrogen and oxygen atoms in total. The molecule has 0 unspecified atom stereocenters. The van der Waals surface area contributed by atoms with Crippen LogP contribution in [0.2, 0.25) is 0 Å². The number of amides is 2. The van der Waals surface area contributed by atoms with E-state index in [2.05, 4.69) is 26.6 Å². The Morgan fingerprint density at radius 2 is 1.83 bits per heavy atom. The number of para-hydroxylation sites is 1. The van der Waals surface area contributed by atoms with Gasteiger partial charge in [-0.05, 0) is 37.3 Å². The quantitative estimate of drug-likeness (QED) is 0.603. The summed E-state index contributed by atoms with van der Waals surface area (Å²) in [6.07, 6.45) is 0. The lowest BCUT2D eigenvalue weighted by molar-refractivity contribution is -0.385. The van der Waals surface area contributed by atoms with Crippen LogP contribution in [0.3, 0.4) is 0 Å². The summed E-state index contributed by atoms with van der Waals surface area (Å²) in [5, 5.41) is 16.1. The molecule has 0 saturated carbocycles. The van der Waals surface area contributed by atoms with Gasteiger partial charge in [0.05, 0.1) is 11.5 Å². The Hall–Kier alpha value is -2.74.